The minimum Gasteiger partial charge on any atom is -0.338 e. The number of benzene rings is 1. The van der Waals surface area contributed by atoms with Gasteiger partial charge in [0.05, 0.1) is 0 Å². The van der Waals surface area contributed by atoms with E-state index in [9.17, 15) is 13.6 Å². The number of aryl methyl sites for hydroxylation is 1. The van der Waals surface area contributed by atoms with Gasteiger partial charge < -0.3 is 4.90 Å². The lowest BCUT2D eigenvalue weighted by Crippen LogP contribution is -2.33. The molecule has 0 unspecified atom stereocenters. The van der Waals surface area contributed by atoms with E-state index in [1.165, 1.54) is 17.9 Å². The van der Waals surface area contributed by atoms with E-state index in [2.05, 4.69) is 15.9 Å². The molecule has 0 aliphatic heterocycles. The maximum Gasteiger partial charge on any atom is 0.259 e. The molecule has 0 aromatic heterocycles. The Bertz CT molecular complexity index is 423. The Morgan fingerprint density at radius 1 is 1.41 bits per heavy atom. The third-order valence-electron chi connectivity index (χ3n) is 2.52. The Hall–Kier alpha value is -0.970. The molecule has 0 aliphatic rings. The van der Waals surface area contributed by atoms with Gasteiger partial charge in [-0.25, -0.2) is 8.78 Å². The highest BCUT2D eigenvalue weighted by Gasteiger charge is 2.22. The highest BCUT2D eigenvalue weighted by atomic mass is 79.9. The minimum absolute atomic E-state index is 0.268. The monoisotopic (exact) mass is 305 g/mol. The van der Waals surface area contributed by atoms with E-state index in [4.69, 9.17) is 0 Å². The Morgan fingerprint density at radius 2 is 2.06 bits per heavy atom. The summed E-state index contributed by atoms with van der Waals surface area (Å²) in [5.74, 6) is -2.19. The highest BCUT2D eigenvalue weighted by molar-refractivity contribution is 9.09. The third-order valence-corrected chi connectivity index (χ3v) is 2.88. The number of nitrogens with zero attached hydrogens (tertiary/aromatic N) is 1. The summed E-state index contributed by atoms with van der Waals surface area (Å²) < 4.78 is 27.3. The van der Waals surface area contributed by atoms with Gasteiger partial charge in [-0.15, -0.1) is 0 Å². The smallest absolute Gasteiger partial charge is 0.259 e. The molecule has 0 spiro atoms. The first-order valence-corrected chi connectivity index (χ1v) is 6.44. The summed E-state index contributed by atoms with van der Waals surface area (Å²) in [6.45, 7) is 4.11. The van der Waals surface area contributed by atoms with Crippen molar-refractivity contribution in [1.29, 1.82) is 0 Å². The lowest BCUT2D eigenvalue weighted by Gasteiger charge is -2.20. The van der Waals surface area contributed by atoms with Gasteiger partial charge in [0.1, 0.15) is 17.2 Å². The first kappa shape index (κ1) is 14.1. The molecule has 1 rings (SSSR count). The molecule has 94 valence electrons. The van der Waals surface area contributed by atoms with Crippen LogP contribution in [-0.2, 0) is 0 Å². The molecule has 2 nitrogen and oxygen atoms in total. The molecular weight excluding hydrogens is 292 g/mol. The zero-order valence-electron chi connectivity index (χ0n) is 9.77. The normalized spacial score (nSPS) is 10.4. The van der Waals surface area contributed by atoms with Crippen molar-refractivity contribution in [2.45, 2.75) is 13.8 Å². The van der Waals surface area contributed by atoms with Gasteiger partial charge in [0.25, 0.3) is 5.91 Å². The molecule has 0 heterocycles. The number of carbonyl (C=O) groups is 1. The predicted octanol–water partition coefficient (Wildman–Crippen LogP) is 3.13. The standard InChI is InChI=1S/C12H14BrF2NO/c1-3-16(7-6-13)12(17)10-9(14)5-4-8(2)11(10)15/h4-5H,3,6-7H2,1-2H3. The number of hydrogen-bond donors (Lipinski definition) is 0. The van der Waals surface area contributed by atoms with E-state index >= 15 is 0 Å². The van der Waals surface area contributed by atoms with E-state index in [1.807, 2.05) is 0 Å². The molecule has 0 bridgehead atoms. The van der Waals surface area contributed by atoms with Gasteiger partial charge in [0, 0.05) is 18.4 Å². The predicted molar refractivity (Wildman–Crippen MR) is 66.5 cm³/mol. The van der Waals surface area contributed by atoms with Crippen molar-refractivity contribution in [2.24, 2.45) is 0 Å². The van der Waals surface area contributed by atoms with E-state index in [-0.39, 0.29) is 5.56 Å². The zero-order valence-corrected chi connectivity index (χ0v) is 11.4. The first-order chi connectivity index (χ1) is 8.02. The van der Waals surface area contributed by atoms with Gasteiger partial charge in [-0.2, -0.15) is 0 Å². The molecule has 0 saturated carbocycles. The van der Waals surface area contributed by atoms with Gasteiger partial charge in [0.15, 0.2) is 0 Å². The number of alkyl halides is 1. The topological polar surface area (TPSA) is 20.3 Å². The SMILES string of the molecule is CCN(CCBr)C(=O)c1c(F)ccc(C)c1F. The second-order valence-electron chi connectivity index (χ2n) is 3.63. The number of amides is 1. The Balaban J connectivity index is 3.15. The van der Waals surface area contributed by atoms with Crippen LogP contribution in [0.25, 0.3) is 0 Å². The van der Waals surface area contributed by atoms with Crippen molar-refractivity contribution >= 4 is 21.8 Å². The van der Waals surface area contributed by atoms with Gasteiger partial charge in [-0.3, -0.25) is 4.79 Å². The zero-order chi connectivity index (χ0) is 13.0. The molecule has 0 radical (unpaired) electrons. The number of rotatable bonds is 4. The van der Waals surface area contributed by atoms with Crippen LogP contribution in [0, 0.1) is 18.6 Å². The quantitative estimate of drug-likeness (QED) is 0.783. The molecule has 5 heteroatoms. The summed E-state index contributed by atoms with van der Waals surface area (Å²) in [7, 11) is 0. The molecular formula is C12H14BrF2NO. The second kappa shape index (κ2) is 6.10. The van der Waals surface area contributed by atoms with Crippen molar-refractivity contribution < 1.29 is 13.6 Å². The molecule has 0 atom stereocenters. The van der Waals surface area contributed by atoms with Crippen LogP contribution in [0.2, 0.25) is 0 Å². The average molecular weight is 306 g/mol. The Kier molecular flexibility index (Phi) is 5.05. The molecule has 0 fully saturated rings. The summed E-state index contributed by atoms with van der Waals surface area (Å²) >= 11 is 3.20. The number of hydrogen-bond acceptors (Lipinski definition) is 1. The number of halogens is 3. The summed E-state index contributed by atoms with van der Waals surface area (Å²) in [6.07, 6.45) is 0. The van der Waals surface area contributed by atoms with Crippen LogP contribution in [0.3, 0.4) is 0 Å². The van der Waals surface area contributed by atoms with Crippen LogP contribution in [0.4, 0.5) is 8.78 Å². The van der Waals surface area contributed by atoms with Crippen molar-refractivity contribution in [3.63, 3.8) is 0 Å². The fourth-order valence-corrected chi connectivity index (χ4v) is 1.94. The molecule has 1 aromatic carbocycles. The van der Waals surface area contributed by atoms with Crippen LogP contribution < -0.4 is 0 Å². The summed E-state index contributed by atoms with van der Waals surface area (Å²) in [6, 6.07) is 2.44. The van der Waals surface area contributed by atoms with E-state index in [0.29, 0.717) is 18.4 Å². The molecule has 1 aromatic rings. The molecule has 1 amide bonds. The Morgan fingerprint density at radius 3 is 2.59 bits per heavy atom. The third kappa shape index (κ3) is 3.03. The van der Waals surface area contributed by atoms with Gasteiger partial charge in [-0.1, -0.05) is 22.0 Å². The van der Waals surface area contributed by atoms with Crippen molar-refractivity contribution in [3.8, 4) is 0 Å². The van der Waals surface area contributed by atoms with Crippen molar-refractivity contribution in [3.05, 3.63) is 34.9 Å². The van der Waals surface area contributed by atoms with Crippen molar-refractivity contribution in [2.75, 3.05) is 18.4 Å². The number of carbonyl (C=O) groups excluding carboxylic acids is 1. The first-order valence-electron chi connectivity index (χ1n) is 5.32. The van der Waals surface area contributed by atoms with Crippen LogP contribution in [0.5, 0.6) is 0 Å². The largest absolute Gasteiger partial charge is 0.338 e. The Labute approximate surface area is 108 Å². The average Bonchev–Trinajstić information content (AvgIpc) is 2.31. The molecule has 17 heavy (non-hydrogen) atoms. The van der Waals surface area contributed by atoms with Crippen LogP contribution in [-0.4, -0.2) is 29.2 Å². The summed E-state index contributed by atoms with van der Waals surface area (Å²) in [5.41, 5.74) is -0.197. The van der Waals surface area contributed by atoms with Crippen LogP contribution >= 0.6 is 15.9 Å². The van der Waals surface area contributed by atoms with Gasteiger partial charge in [-0.05, 0) is 25.5 Å². The van der Waals surface area contributed by atoms with Crippen LogP contribution in [0.1, 0.15) is 22.8 Å². The van der Waals surface area contributed by atoms with Crippen molar-refractivity contribution in [1.82, 2.24) is 4.90 Å². The maximum absolute atomic E-state index is 13.8. The van der Waals surface area contributed by atoms with E-state index in [1.54, 1.807) is 6.92 Å². The molecule has 0 saturated heterocycles. The molecule has 0 N–H and O–H groups in total. The van der Waals surface area contributed by atoms with Gasteiger partial charge in [0.2, 0.25) is 0 Å². The lowest BCUT2D eigenvalue weighted by atomic mass is 10.1. The van der Waals surface area contributed by atoms with E-state index in [0.717, 1.165) is 6.07 Å². The highest BCUT2D eigenvalue weighted by Crippen LogP contribution is 2.18. The fourth-order valence-electron chi connectivity index (χ4n) is 1.52. The minimum atomic E-state index is -0.814. The summed E-state index contributed by atoms with van der Waals surface area (Å²) in [5, 5.41) is 0.571. The lowest BCUT2D eigenvalue weighted by molar-refractivity contribution is 0.0765. The summed E-state index contributed by atoms with van der Waals surface area (Å²) in [4.78, 5) is 13.4. The van der Waals surface area contributed by atoms with Gasteiger partial charge >= 0.3 is 0 Å². The van der Waals surface area contributed by atoms with Crippen LogP contribution in [0.15, 0.2) is 12.1 Å². The second-order valence-corrected chi connectivity index (χ2v) is 4.42. The molecule has 0 aliphatic carbocycles. The fraction of sp³-hybridized carbons (Fsp3) is 0.417. The maximum atomic E-state index is 13.8. The van der Waals surface area contributed by atoms with E-state index < -0.39 is 23.1 Å².